The molecule has 0 spiro atoms. The Morgan fingerprint density at radius 2 is 2.08 bits per heavy atom. The van der Waals surface area contributed by atoms with Gasteiger partial charge in [0.25, 0.3) is 0 Å². The summed E-state index contributed by atoms with van der Waals surface area (Å²) in [7, 11) is 0. The molecule has 0 saturated carbocycles. The Balaban J connectivity index is 2.86. The van der Waals surface area contributed by atoms with E-state index in [-0.39, 0.29) is 0 Å². The van der Waals surface area contributed by atoms with Crippen LogP contribution in [-0.4, -0.2) is 6.29 Å². The zero-order valence-electron chi connectivity index (χ0n) is 7.58. The number of hydrogen-bond donors (Lipinski definition) is 0. The predicted octanol–water partition coefficient (Wildman–Crippen LogP) is 2.69. The third kappa shape index (κ3) is 1.94. The van der Waals surface area contributed by atoms with Crippen LogP contribution < -0.4 is 0 Å². The SMILES string of the molecule is Cc1ccccc1C(C)CC=O. The molecule has 1 aromatic carbocycles. The smallest absolute Gasteiger partial charge is 0.120 e. The van der Waals surface area contributed by atoms with Crippen LogP contribution in [0.15, 0.2) is 24.3 Å². The van der Waals surface area contributed by atoms with Gasteiger partial charge in [0.15, 0.2) is 0 Å². The van der Waals surface area contributed by atoms with E-state index in [2.05, 4.69) is 26.0 Å². The summed E-state index contributed by atoms with van der Waals surface area (Å²) in [6, 6.07) is 8.20. The van der Waals surface area contributed by atoms with Gasteiger partial charge in [-0.25, -0.2) is 0 Å². The van der Waals surface area contributed by atoms with Crippen molar-refractivity contribution in [3.05, 3.63) is 35.4 Å². The summed E-state index contributed by atoms with van der Waals surface area (Å²) in [5.41, 5.74) is 2.55. The summed E-state index contributed by atoms with van der Waals surface area (Å²) in [5.74, 6) is 0.351. The van der Waals surface area contributed by atoms with E-state index >= 15 is 0 Å². The van der Waals surface area contributed by atoms with Gasteiger partial charge in [0.05, 0.1) is 0 Å². The minimum atomic E-state index is 0.351. The van der Waals surface area contributed by atoms with Gasteiger partial charge in [-0.05, 0) is 24.0 Å². The molecular formula is C11H14O. The first-order valence-electron chi connectivity index (χ1n) is 4.25. The molecule has 0 aliphatic rings. The average Bonchev–Trinajstić information content (AvgIpc) is 2.05. The van der Waals surface area contributed by atoms with Gasteiger partial charge in [0.1, 0.15) is 6.29 Å². The molecule has 0 saturated heterocycles. The van der Waals surface area contributed by atoms with Crippen LogP contribution in [-0.2, 0) is 4.79 Å². The van der Waals surface area contributed by atoms with Crippen molar-refractivity contribution in [2.45, 2.75) is 26.2 Å². The first-order chi connectivity index (χ1) is 5.75. The van der Waals surface area contributed by atoms with E-state index in [1.54, 1.807) is 0 Å². The molecule has 1 rings (SSSR count). The Labute approximate surface area is 73.4 Å². The molecule has 1 nitrogen and oxygen atoms in total. The first kappa shape index (κ1) is 8.98. The van der Waals surface area contributed by atoms with E-state index in [1.807, 2.05) is 12.1 Å². The molecule has 0 radical (unpaired) electrons. The maximum Gasteiger partial charge on any atom is 0.120 e. The van der Waals surface area contributed by atoms with Crippen LogP contribution in [0.25, 0.3) is 0 Å². The van der Waals surface area contributed by atoms with Crippen molar-refractivity contribution >= 4 is 6.29 Å². The monoisotopic (exact) mass is 162 g/mol. The number of aryl methyl sites for hydroxylation is 1. The van der Waals surface area contributed by atoms with Crippen molar-refractivity contribution in [1.29, 1.82) is 0 Å². The van der Waals surface area contributed by atoms with E-state index in [4.69, 9.17) is 0 Å². The molecule has 0 fully saturated rings. The van der Waals surface area contributed by atoms with Gasteiger partial charge in [0.2, 0.25) is 0 Å². The Morgan fingerprint density at radius 3 is 2.67 bits per heavy atom. The number of hydrogen-bond acceptors (Lipinski definition) is 1. The van der Waals surface area contributed by atoms with E-state index in [1.165, 1.54) is 11.1 Å². The number of benzene rings is 1. The standard InChI is InChI=1S/C11H14O/c1-9-5-3-4-6-11(9)10(2)7-8-12/h3-6,8,10H,7H2,1-2H3. The molecule has 1 heteroatoms. The first-order valence-corrected chi connectivity index (χ1v) is 4.25. The lowest BCUT2D eigenvalue weighted by atomic mass is 9.94. The van der Waals surface area contributed by atoms with Crippen molar-refractivity contribution < 1.29 is 4.79 Å². The molecule has 1 aromatic rings. The molecule has 12 heavy (non-hydrogen) atoms. The van der Waals surface area contributed by atoms with Gasteiger partial charge in [-0.3, -0.25) is 0 Å². The summed E-state index contributed by atoms with van der Waals surface area (Å²) in [5, 5.41) is 0. The van der Waals surface area contributed by atoms with Gasteiger partial charge in [-0.2, -0.15) is 0 Å². The topological polar surface area (TPSA) is 17.1 Å². The minimum absolute atomic E-state index is 0.351. The Morgan fingerprint density at radius 1 is 1.42 bits per heavy atom. The second-order valence-electron chi connectivity index (χ2n) is 3.16. The second kappa shape index (κ2) is 4.05. The maximum atomic E-state index is 10.3. The highest BCUT2D eigenvalue weighted by Gasteiger charge is 2.05. The highest BCUT2D eigenvalue weighted by molar-refractivity contribution is 5.52. The van der Waals surface area contributed by atoms with E-state index in [0.29, 0.717) is 12.3 Å². The summed E-state index contributed by atoms with van der Waals surface area (Å²) in [6.45, 7) is 4.16. The van der Waals surface area contributed by atoms with Crippen molar-refractivity contribution in [3.8, 4) is 0 Å². The molecule has 64 valence electrons. The van der Waals surface area contributed by atoms with E-state index in [0.717, 1.165) is 6.29 Å². The quantitative estimate of drug-likeness (QED) is 0.624. The summed E-state index contributed by atoms with van der Waals surface area (Å²) in [6.07, 6.45) is 1.60. The average molecular weight is 162 g/mol. The fraction of sp³-hybridized carbons (Fsp3) is 0.364. The normalized spacial score (nSPS) is 12.5. The number of carbonyl (C=O) groups excluding carboxylic acids is 1. The van der Waals surface area contributed by atoms with Gasteiger partial charge in [-0.1, -0.05) is 31.2 Å². The van der Waals surface area contributed by atoms with E-state index < -0.39 is 0 Å². The Bertz CT molecular complexity index is 265. The fourth-order valence-electron chi connectivity index (χ4n) is 1.41. The highest BCUT2D eigenvalue weighted by Crippen LogP contribution is 2.20. The van der Waals surface area contributed by atoms with E-state index in [9.17, 15) is 4.79 Å². The molecule has 0 aliphatic heterocycles. The van der Waals surface area contributed by atoms with Gasteiger partial charge in [-0.15, -0.1) is 0 Å². The van der Waals surface area contributed by atoms with Crippen LogP contribution in [0, 0.1) is 6.92 Å². The van der Waals surface area contributed by atoms with Crippen LogP contribution in [0.4, 0.5) is 0 Å². The van der Waals surface area contributed by atoms with Gasteiger partial charge < -0.3 is 4.79 Å². The molecule has 0 N–H and O–H groups in total. The third-order valence-electron chi connectivity index (χ3n) is 2.17. The summed E-state index contributed by atoms with van der Waals surface area (Å²) >= 11 is 0. The lowest BCUT2D eigenvalue weighted by Crippen LogP contribution is -1.96. The van der Waals surface area contributed by atoms with Gasteiger partial charge >= 0.3 is 0 Å². The molecule has 0 amide bonds. The van der Waals surface area contributed by atoms with Crippen LogP contribution >= 0.6 is 0 Å². The summed E-state index contributed by atoms with van der Waals surface area (Å²) < 4.78 is 0. The zero-order chi connectivity index (χ0) is 8.97. The molecule has 0 aliphatic carbocycles. The van der Waals surface area contributed by atoms with Crippen LogP contribution in [0.1, 0.15) is 30.4 Å². The van der Waals surface area contributed by atoms with Crippen molar-refractivity contribution in [1.82, 2.24) is 0 Å². The van der Waals surface area contributed by atoms with Crippen LogP contribution in [0.5, 0.6) is 0 Å². The second-order valence-corrected chi connectivity index (χ2v) is 3.16. The van der Waals surface area contributed by atoms with Crippen LogP contribution in [0.3, 0.4) is 0 Å². The molecule has 0 bridgehead atoms. The molecule has 0 aromatic heterocycles. The fourth-order valence-corrected chi connectivity index (χ4v) is 1.41. The Kier molecular flexibility index (Phi) is 3.03. The number of aldehydes is 1. The third-order valence-corrected chi connectivity index (χ3v) is 2.17. The van der Waals surface area contributed by atoms with Crippen LogP contribution in [0.2, 0.25) is 0 Å². The van der Waals surface area contributed by atoms with Crippen molar-refractivity contribution in [3.63, 3.8) is 0 Å². The molecule has 0 heterocycles. The lowest BCUT2D eigenvalue weighted by molar-refractivity contribution is -0.108. The maximum absolute atomic E-state index is 10.3. The van der Waals surface area contributed by atoms with Gasteiger partial charge in [0, 0.05) is 6.42 Å². The number of rotatable bonds is 3. The largest absolute Gasteiger partial charge is 0.303 e. The zero-order valence-corrected chi connectivity index (χ0v) is 7.58. The lowest BCUT2D eigenvalue weighted by Gasteiger charge is -2.10. The molecular weight excluding hydrogens is 148 g/mol. The highest BCUT2D eigenvalue weighted by atomic mass is 16.1. The molecule has 1 unspecified atom stereocenters. The van der Waals surface area contributed by atoms with Crippen molar-refractivity contribution in [2.24, 2.45) is 0 Å². The predicted molar refractivity (Wildman–Crippen MR) is 50.3 cm³/mol. The summed E-state index contributed by atoms with van der Waals surface area (Å²) in [4.78, 5) is 10.3. The minimum Gasteiger partial charge on any atom is -0.303 e. The Hall–Kier alpha value is -1.11. The molecule has 1 atom stereocenters. The number of carbonyl (C=O) groups is 1. The van der Waals surface area contributed by atoms with Crippen molar-refractivity contribution in [2.75, 3.05) is 0 Å².